The Kier molecular flexibility index (Phi) is 1.70. The average molecular weight is 192 g/mol. The topological polar surface area (TPSA) is 47.4 Å². The molecule has 1 saturated heterocycles. The van der Waals surface area contributed by atoms with Crippen LogP contribution in [0.5, 0.6) is 0 Å². The lowest BCUT2D eigenvalue weighted by atomic mass is 10.3. The first-order valence-electron chi connectivity index (χ1n) is 5.01. The molecule has 0 amide bonds. The van der Waals surface area contributed by atoms with Crippen LogP contribution in [-0.2, 0) is 11.3 Å². The van der Waals surface area contributed by atoms with E-state index in [0.717, 1.165) is 12.3 Å². The number of nitrogens with zero attached hydrogens (tertiary/aromatic N) is 2. The minimum absolute atomic E-state index is 0.0531. The summed E-state index contributed by atoms with van der Waals surface area (Å²) in [6.07, 6.45) is 4.25. The summed E-state index contributed by atoms with van der Waals surface area (Å²) in [6.45, 7) is 1.42. The summed E-state index contributed by atoms with van der Waals surface area (Å²) in [7, 11) is 0. The molecular formula is C10H12N2O2. The van der Waals surface area contributed by atoms with Gasteiger partial charge in [0.25, 0.3) is 5.56 Å². The van der Waals surface area contributed by atoms with E-state index in [9.17, 15) is 4.79 Å². The molecule has 2 fully saturated rings. The lowest BCUT2D eigenvalue weighted by molar-refractivity contribution is 0.379. The zero-order chi connectivity index (χ0) is 9.54. The van der Waals surface area contributed by atoms with Crippen molar-refractivity contribution in [3.8, 4) is 0 Å². The Morgan fingerprint density at radius 3 is 2.93 bits per heavy atom. The van der Waals surface area contributed by atoms with Crippen molar-refractivity contribution < 1.29 is 4.74 Å². The normalized spacial score (nSPS) is 25.0. The van der Waals surface area contributed by atoms with E-state index in [0.29, 0.717) is 12.5 Å². The lowest BCUT2D eigenvalue weighted by Gasteiger charge is -2.03. The number of rotatable bonds is 3. The fourth-order valence-electron chi connectivity index (χ4n) is 1.57. The van der Waals surface area contributed by atoms with Crippen LogP contribution < -0.4 is 5.56 Å². The van der Waals surface area contributed by atoms with Crippen molar-refractivity contribution in [1.29, 1.82) is 0 Å². The number of epoxide rings is 1. The van der Waals surface area contributed by atoms with E-state index in [1.807, 2.05) is 0 Å². The zero-order valence-corrected chi connectivity index (χ0v) is 7.85. The molecule has 1 saturated carbocycles. The highest BCUT2D eigenvalue weighted by molar-refractivity contribution is 5.12. The van der Waals surface area contributed by atoms with Gasteiger partial charge in [-0.2, -0.15) is 0 Å². The summed E-state index contributed by atoms with van der Waals surface area (Å²) in [5, 5.41) is 0. The predicted molar refractivity (Wildman–Crippen MR) is 50.2 cm³/mol. The van der Waals surface area contributed by atoms with Gasteiger partial charge in [0.1, 0.15) is 0 Å². The highest BCUT2D eigenvalue weighted by atomic mass is 16.6. The minimum Gasteiger partial charge on any atom is -0.371 e. The lowest BCUT2D eigenvalue weighted by Crippen LogP contribution is -2.22. The maximum Gasteiger partial charge on any atom is 0.253 e. The number of aromatic nitrogens is 2. The van der Waals surface area contributed by atoms with Gasteiger partial charge in [0, 0.05) is 12.0 Å². The second-order valence-electron chi connectivity index (χ2n) is 4.03. The Hall–Kier alpha value is -1.16. The molecule has 0 spiro atoms. The molecule has 74 valence electrons. The Balaban J connectivity index is 1.85. The molecule has 4 heteroatoms. The van der Waals surface area contributed by atoms with Crippen LogP contribution in [0.4, 0.5) is 0 Å². The monoisotopic (exact) mass is 192 g/mol. The van der Waals surface area contributed by atoms with Crippen LogP contribution >= 0.6 is 0 Å². The van der Waals surface area contributed by atoms with Crippen molar-refractivity contribution in [3.05, 3.63) is 28.4 Å². The van der Waals surface area contributed by atoms with Crippen molar-refractivity contribution in [2.24, 2.45) is 0 Å². The van der Waals surface area contributed by atoms with Crippen molar-refractivity contribution in [2.45, 2.75) is 31.4 Å². The van der Waals surface area contributed by atoms with E-state index in [-0.39, 0.29) is 11.7 Å². The fraction of sp³-hybridized carbons (Fsp3) is 0.600. The van der Waals surface area contributed by atoms with Gasteiger partial charge in [-0.3, -0.25) is 9.36 Å². The first-order valence-corrected chi connectivity index (χ1v) is 5.01. The average Bonchev–Trinajstić information content (AvgIpc) is 3.02. The molecule has 0 bridgehead atoms. The van der Waals surface area contributed by atoms with Gasteiger partial charge in [-0.25, -0.2) is 4.98 Å². The van der Waals surface area contributed by atoms with Gasteiger partial charge >= 0.3 is 0 Å². The van der Waals surface area contributed by atoms with Gasteiger partial charge in [0.2, 0.25) is 0 Å². The van der Waals surface area contributed by atoms with E-state index in [1.54, 1.807) is 17.0 Å². The summed E-state index contributed by atoms with van der Waals surface area (Å²) in [4.78, 5) is 15.9. The van der Waals surface area contributed by atoms with Crippen molar-refractivity contribution in [3.63, 3.8) is 0 Å². The Bertz CT molecular complexity index is 405. The summed E-state index contributed by atoms with van der Waals surface area (Å²) >= 11 is 0. The van der Waals surface area contributed by atoms with Gasteiger partial charge in [0.15, 0.2) is 0 Å². The van der Waals surface area contributed by atoms with E-state index < -0.39 is 0 Å². The molecule has 1 aromatic heterocycles. The van der Waals surface area contributed by atoms with Crippen LogP contribution in [0, 0.1) is 0 Å². The maximum absolute atomic E-state index is 11.6. The molecule has 0 radical (unpaired) electrons. The van der Waals surface area contributed by atoms with Crippen molar-refractivity contribution in [2.75, 3.05) is 6.61 Å². The van der Waals surface area contributed by atoms with E-state index in [2.05, 4.69) is 4.98 Å². The standard InChI is InChI=1S/C10H12N2O2/c13-10-3-9(7-1-2-7)11-6-12(10)4-8-5-14-8/h3,6-8H,1-2,4-5H2/t8-/m1/s1. The Morgan fingerprint density at radius 2 is 2.36 bits per heavy atom. The van der Waals surface area contributed by atoms with Gasteiger partial charge < -0.3 is 4.74 Å². The summed E-state index contributed by atoms with van der Waals surface area (Å²) in [6, 6.07) is 1.67. The molecule has 1 aliphatic carbocycles. The first-order chi connectivity index (χ1) is 6.83. The number of hydrogen-bond donors (Lipinski definition) is 0. The molecular weight excluding hydrogens is 180 g/mol. The van der Waals surface area contributed by atoms with Crippen LogP contribution in [-0.4, -0.2) is 22.3 Å². The quantitative estimate of drug-likeness (QED) is 0.656. The molecule has 0 aromatic carbocycles. The van der Waals surface area contributed by atoms with Gasteiger partial charge in [0.05, 0.1) is 31.3 Å². The predicted octanol–water partition coefficient (Wildman–Crippen LogP) is 0.519. The first kappa shape index (κ1) is 8.17. The van der Waals surface area contributed by atoms with Crippen molar-refractivity contribution in [1.82, 2.24) is 9.55 Å². The highest BCUT2D eigenvalue weighted by Crippen LogP contribution is 2.38. The van der Waals surface area contributed by atoms with Gasteiger partial charge in [-0.15, -0.1) is 0 Å². The van der Waals surface area contributed by atoms with Crippen molar-refractivity contribution >= 4 is 0 Å². The van der Waals surface area contributed by atoms with E-state index in [1.165, 1.54) is 12.8 Å². The molecule has 1 aromatic rings. The fourth-order valence-corrected chi connectivity index (χ4v) is 1.57. The SMILES string of the molecule is O=c1cc(C2CC2)ncn1C[C@@H]1CO1. The Morgan fingerprint density at radius 1 is 1.57 bits per heavy atom. The molecule has 14 heavy (non-hydrogen) atoms. The zero-order valence-electron chi connectivity index (χ0n) is 7.85. The highest BCUT2D eigenvalue weighted by Gasteiger charge is 2.26. The molecule has 3 rings (SSSR count). The molecule has 0 N–H and O–H groups in total. The molecule has 2 aliphatic rings. The minimum atomic E-state index is 0.0531. The Labute approximate surface area is 81.5 Å². The van der Waals surface area contributed by atoms with Crippen LogP contribution in [0.1, 0.15) is 24.5 Å². The smallest absolute Gasteiger partial charge is 0.253 e. The summed E-state index contributed by atoms with van der Waals surface area (Å²) in [5.41, 5.74) is 1.01. The third-order valence-electron chi connectivity index (χ3n) is 2.70. The largest absolute Gasteiger partial charge is 0.371 e. The second kappa shape index (κ2) is 2.92. The molecule has 0 unspecified atom stereocenters. The van der Waals surface area contributed by atoms with Crippen LogP contribution in [0.3, 0.4) is 0 Å². The second-order valence-corrected chi connectivity index (χ2v) is 4.03. The van der Waals surface area contributed by atoms with Gasteiger partial charge in [-0.05, 0) is 12.8 Å². The third kappa shape index (κ3) is 1.57. The molecule has 4 nitrogen and oxygen atoms in total. The van der Waals surface area contributed by atoms with Crippen LogP contribution in [0.2, 0.25) is 0 Å². The molecule has 1 aliphatic heterocycles. The molecule has 2 heterocycles. The third-order valence-corrected chi connectivity index (χ3v) is 2.70. The van der Waals surface area contributed by atoms with E-state index in [4.69, 9.17) is 4.74 Å². The van der Waals surface area contributed by atoms with Crippen LogP contribution in [0.15, 0.2) is 17.2 Å². The van der Waals surface area contributed by atoms with Gasteiger partial charge in [-0.1, -0.05) is 0 Å². The number of hydrogen-bond acceptors (Lipinski definition) is 3. The van der Waals surface area contributed by atoms with Crippen LogP contribution in [0.25, 0.3) is 0 Å². The van der Waals surface area contributed by atoms with E-state index >= 15 is 0 Å². The summed E-state index contributed by atoms with van der Waals surface area (Å²) in [5.74, 6) is 0.550. The molecule has 1 atom stereocenters. The maximum atomic E-state index is 11.6. The number of ether oxygens (including phenoxy) is 1. The summed E-state index contributed by atoms with van der Waals surface area (Å²) < 4.78 is 6.70.